The maximum Gasteiger partial charge on any atom is 0.203 e. The van der Waals surface area contributed by atoms with Crippen LogP contribution in [0.3, 0.4) is 0 Å². The molecular formula is C11H7BrClNOS. The van der Waals surface area contributed by atoms with Gasteiger partial charge in [0, 0.05) is 11.3 Å². The highest BCUT2D eigenvalue weighted by atomic mass is 79.9. The lowest BCUT2D eigenvalue weighted by Crippen LogP contribution is -1.98. The van der Waals surface area contributed by atoms with Crippen LogP contribution in [0, 0.1) is 0 Å². The van der Waals surface area contributed by atoms with Gasteiger partial charge in [-0.1, -0.05) is 11.6 Å². The molecule has 16 heavy (non-hydrogen) atoms. The molecule has 5 heteroatoms. The summed E-state index contributed by atoms with van der Waals surface area (Å²) in [7, 11) is 0. The highest BCUT2D eigenvalue weighted by Gasteiger charge is 2.13. The third-order valence-corrected chi connectivity index (χ3v) is 4.52. The van der Waals surface area contributed by atoms with Crippen LogP contribution in [-0.2, 0) is 0 Å². The Hall–Kier alpha value is -0.840. The number of carbonyl (C=O) groups excluding carboxylic acids is 1. The van der Waals surface area contributed by atoms with Crippen molar-refractivity contribution in [1.29, 1.82) is 0 Å². The third kappa shape index (κ3) is 2.29. The lowest BCUT2D eigenvalue weighted by molar-refractivity contribution is 0.104. The van der Waals surface area contributed by atoms with Gasteiger partial charge in [0.25, 0.3) is 0 Å². The van der Waals surface area contributed by atoms with Crippen molar-refractivity contribution < 1.29 is 4.79 Å². The van der Waals surface area contributed by atoms with Crippen molar-refractivity contribution >= 4 is 50.3 Å². The van der Waals surface area contributed by atoms with Crippen molar-refractivity contribution in [1.82, 2.24) is 0 Å². The molecule has 1 aromatic carbocycles. The molecule has 0 unspecified atom stereocenters. The van der Waals surface area contributed by atoms with Gasteiger partial charge in [-0.05, 0) is 46.3 Å². The number of hydrogen-bond acceptors (Lipinski definition) is 3. The first-order chi connectivity index (χ1) is 7.58. The van der Waals surface area contributed by atoms with E-state index < -0.39 is 0 Å². The minimum absolute atomic E-state index is 0.0439. The van der Waals surface area contributed by atoms with Crippen LogP contribution in [0.1, 0.15) is 15.2 Å². The highest BCUT2D eigenvalue weighted by molar-refractivity contribution is 9.11. The Kier molecular flexibility index (Phi) is 3.33. The number of nitrogens with two attached hydrogens (primary N) is 1. The van der Waals surface area contributed by atoms with E-state index in [4.69, 9.17) is 17.3 Å². The number of carbonyl (C=O) groups is 1. The number of anilines is 1. The zero-order chi connectivity index (χ0) is 11.7. The van der Waals surface area contributed by atoms with Crippen molar-refractivity contribution in [3.8, 4) is 0 Å². The summed E-state index contributed by atoms with van der Waals surface area (Å²) < 4.78 is 0.771. The van der Waals surface area contributed by atoms with Gasteiger partial charge in [-0.3, -0.25) is 4.79 Å². The van der Waals surface area contributed by atoms with Gasteiger partial charge >= 0.3 is 0 Å². The van der Waals surface area contributed by atoms with Crippen LogP contribution in [0.5, 0.6) is 0 Å². The fraction of sp³-hybridized carbons (Fsp3) is 0. The Morgan fingerprint density at radius 1 is 1.31 bits per heavy atom. The molecule has 2 N–H and O–H groups in total. The molecule has 0 atom stereocenters. The lowest BCUT2D eigenvalue weighted by Gasteiger charge is -1.98. The van der Waals surface area contributed by atoms with Gasteiger partial charge in [0.1, 0.15) is 0 Å². The molecule has 0 radical (unpaired) electrons. The smallest absolute Gasteiger partial charge is 0.203 e. The standard InChI is InChI=1S/C11H7BrClNOS/c12-11-8(13)5-9(16-11)10(15)6-1-3-7(14)4-2-6/h1-5H,14H2. The number of ketones is 1. The quantitative estimate of drug-likeness (QED) is 0.673. The molecular weight excluding hydrogens is 310 g/mol. The van der Waals surface area contributed by atoms with Crippen molar-refractivity contribution in [2.45, 2.75) is 0 Å². The summed E-state index contributed by atoms with van der Waals surface area (Å²) in [5, 5.41) is 0.559. The zero-order valence-electron chi connectivity index (χ0n) is 8.04. The summed E-state index contributed by atoms with van der Waals surface area (Å²) in [6, 6.07) is 8.49. The molecule has 0 bridgehead atoms. The van der Waals surface area contributed by atoms with E-state index in [9.17, 15) is 4.79 Å². The van der Waals surface area contributed by atoms with Gasteiger partial charge in [-0.2, -0.15) is 0 Å². The van der Waals surface area contributed by atoms with Gasteiger partial charge in [0.05, 0.1) is 13.7 Å². The molecule has 0 saturated carbocycles. The summed E-state index contributed by atoms with van der Waals surface area (Å²) in [6.45, 7) is 0. The van der Waals surface area contributed by atoms with Crippen LogP contribution in [0.4, 0.5) is 5.69 Å². The fourth-order valence-electron chi connectivity index (χ4n) is 1.24. The van der Waals surface area contributed by atoms with E-state index >= 15 is 0 Å². The number of thiophene rings is 1. The third-order valence-electron chi connectivity index (χ3n) is 2.04. The fourth-order valence-corrected chi connectivity index (χ4v) is 2.90. The van der Waals surface area contributed by atoms with Crippen LogP contribution in [0.2, 0.25) is 5.02 Å². The second kappa shape index (κ2) is 4.57. The number of benzene rings is 1. The van der Waals surface area contributed by atoms with E-state index in [-0.39, 0.29) is 5.78 Å². The highest BCUT2D eigenvalue weighted by Crippen LogP contribution is 2.33. The van der Waals surface area contributed by atoms with Gasteiger partial charge < -0.3 is 5.73 Å². The molecule has 0 aliphatic heterocycles. The molecule has 0 fully saturated rings. The van der Waals surface area contributed by atoms with Crippen molar-refractivity contribution in [3.05, 3.63) is 49.6 Å². The normalized spacial score (nSPS) is 10.4. The van der Waals surface area contributed by atoms with Gasteiger partial charge in [-0.25, -0.2) is 0 Å². The predicted octanol–water partition coefficient (Wildman–Crippen LogP) is 3.98. The van der Waals surface area contributed by atoms with Gasteiger partial charge in [0.2, 0.25) is 5.78 Å². The molecule has 0 saturated heterocycles. The molecule has 1 heterocycles. The number of nitrogen functional groups attached to an aromatic ring is 1. The average molecular weight is 317 g/mol. The maximum absolute atomic E-state index is 12.0. The van der Waals surface area contributed by atoms with Crippen LogP contribution < -0.4 is 5.73 Å². The molecule has 82 valence electrons. The van der Waals surface area contributed by atoms with E-state index in [0.717, 1.165) is 3.79 Å². The first-order valence-corrected chi connectivity index (χ1v) is 6.42. The second-order valence-electron chi connectivity index (χ2n) is 3.18. The summed E-state index contributed by atoms with van der Waals surface area (Å²) in [5.74, 6) is -0.0439. The summed E-state index contributed by atoms with van der Waals surface area (Å²) in [5.41, 5.74) is 6.81. The van der Waals surface area contributed by atoms with E-state index in [1.807, 2.05) is 0 Å². The molecule has 2 rings (SSSR count). The Morgan fingerprint density at radius 3 is 2.44 bits per heavy atom. The molecule has 0 spiro atoms. The topological polar surface area (TPSA) is 43.1 Å². The Labute approximate surface area is 110 Å². The monoisotopic (exact) mass is 315 g/mol. The number of halogens is 2. The van der Waals surface area contributed by atoms with Gasteiger partial charge in [-0.15, -0.1) is 11.3 Å². The minimum atomic E-state index is -0.0439. The van der Waals surface area contributed by atoms with Gasteiger partial charge in [0.15, 0.2) is 0 Å². The Balaban J connectivity index is 2.35. The minimum Gasteiger partial charge on any atom is -0.399 e. The predicted molar refractivity (Wildman–Crippen MR) is 71.3 cm³/mol. The first kappa shape index (κ1) is 11.6. The molecule has 2 aromatic rings. The zero-order valence-corrected chi connectivity index (χ0v) is 11.2. The van der Waals surface area contributed by atoms with Crippen molar-refractivity contribution in [2.24, 2.45) is 0 Å². The van der Waals surface area contributed by atoms with E-state index in [0.29, 0.717) is 21.2 Å². The lowest BCUT2D eigenvalue weighted by atomic mass is 10.1. The molecule has 2 nitrogen and oxygen atoms in total. The summed E-state index contributed by atoms with van der Waals surface area (Å²) in [4.78, 5) is 12.6. The molecule has 0 amide bonds. The largest absolute Gasteiger partial charge is 0.399 e. The van der Waals surface area contributed by atoms with Crippen LogP contribution >= 0.6 is 38.9 Å². The Bertz CT molecular complexity index is 516. The van der Waals surface area contributed by atoms with E-state index in [2.05, 4.69) is 15.9 Å². The molecule has 1 aromatic heterocycles. The van der Waals surface area contributed by atoms with E-state index in [1.165, 1.54) is 11.3 Å². The van der Waals surface area contributed by atoms with Crippen molar-refractivity contribution in [3.63, 3.8) is 0 Å². The van der Waals surface area contributed by atoms with E-state index in [1.54, 1.807) is 30.3 Å². The first-order valence-electron chi connectivity index (χ1n) is 4.43. The maximum atomic E-state index is 12.0. The van der Waals surface area contributed by atoms with Crippen LogP contribution in [0.25, 0.3) is 0 Å². The Morgan fingerprint density at radius 2 is 1.94 bits per heavy atom. The summed E-state index contributed by atoms with van der Waals surface area (Å²) in [6.07, 6.45) is 0. The number of hydrogen-bond donors (Lipinski definition) is 1. The SMILES string of the molecule is Nc1ccc(C(=O)c2cc(Cl)c(Br)s2)cc1. The summed E-state index contributed by atoms with van der Waals surface area (Å²) >= 11 is 10.5. The van der Waals surface area contributed by atoms with Crippen LogP contribution in [-0.4, -0.2) is 5.78 Å². The number of rotatable bonds is 2. The molecule has 0 aliphatic carbocycles. The average Bonchev–Trinajstić information content (AvgIpc) is 2.59. The van der Waals surface area contributed by atoms with Crippen LogP contribution in [0.15, 0.2) is 34.1 Å². The second-order valence-corrected chi connectivity index (χ2v) is 5.96. The molecule has 0 aliphatic rings. The van der Waals surface area contributed by atoms with Crippen molar-refractivity contribution in [2.75, 3.05) is 5.73 Å².